The Labute approximate surface area is 142 Å². The van der Waals surface area contributed by atoms with Gasteiger partial charge in [0.15, 0.2) is 17.8 Å². The van der Waals surface area contributed by atoms with Gasteiger partial charge in [0, 0.05) is 22.6 Å². The van der Waals surface area contributed by atoms with Crippen molar-refractivity contribution in [1.82, 2.24) is 0 Å². The van der Waals surface area contributed by atoms with Gasteiger partial charge in [-0.25, -0.2) is 0 Å². The molecule has 2 heterocycles. The van der Waals surface area contributed by atoms with Gasteiger partial charge in [-0.1, -0.05) is 6.07 Å². The molecule has 6 heteroatoms. The largest absolute Gasteiger partial charge is 0.457 e. The molecule has 25 heavy (non-hydrogen) atoms. The molecule has 0 fully saturated rings. The van der Waals surface area contributed by atoms with Gasteiger partial charge in [-0.15, -0.1) is 0 Å². The van der Waals surface area contributed by atoms with Crippen LogP contribution >= 0.6 is 0 Å². The van der Waals surface area contributed by atoms with Gasteiger partial charge >= 0.3 is 0 Å². The summed E-state index contributed by atoms with van der Waals surface area (Å²) in [5, 5.41) is 21.0. The molecule has 0 aliphatic carbocycles. The minimum absolute atomic E-state index is 0.146. The fourth-order valence-electron chi connectivity index (χ4n) is 3.30. The lowest BCUT2D eigenvalue weighted by Crippen LogP contribution is -2.11. The highest BCUT2D eigenvalue weighted by atomic mass is 16.7. The fraction of sp³-hybridized carbons (Fsp3) is 0.158. The summed E-state index contributed by atoms with van der Waals surface area (Å²) < 4.78 is 22.1. The van der Waals surface area contributed by atoms with Crippen LogP contribution in [0, 0.1) is 0 Å². The lowest BCUT2D eigenvalue weighted by Gasteiger charge is -2.20. The first-order valence-electron chi connectivity index (χ1n) is 7.83. The number of aliphatic hydroxyl groups is 2. The number of benzene rings is 3. The monoisotopic (exact) mass is 338 g/mol. The maximum Gasteiger partial charge on any atom is 0.231 e. The highest BCUT2D eigenvalue weighted by Crippen LogP contribution is 2.47. The summed E-state index contributed by atoms with van der Waals surface area (Å²) in [6.07, 6.45) is -1.58. The second-order valence-corrected chi connectivity index (χ2v) is 5.90. The first-order chi connectivity index (χ1) is 12.2. The van der Waals surface area contributed by atoms with Crippen molar-refractivity contribution in [2.45, 2.75) is 6.29 Å². The molecule has 0 saturated carbocycles. The van der Waals surface area contributed by atoms with Gasteiger partial charge in [0.2, 0.25) is 13.6 Å². The van der Waals surface area contributed by atoms with Crippen LogP contribution in [0.2, 0.25) is 0 Å². The van der Waals surface area contributed by atoms with Crippen molar-refractivity contribution in [2.75, 3.05) is 13.6 Å². The Morgan fingerprint density at radius 3 is 2.48 bits per heavy atom. The Morgan fingerprint density at radius 2 is 1.60 bits per heavy atom. The molecule has 2 bridgehead atoms. The molecule has 3 aromatic rings. The van der Waals surface area contributed by atoms with Crippen LogP contribution in [0.3, 0.4) is 0 Å². The van der Waals surface area contributed by atoms with E-state index in [4.69, 9.17) is 18.9 Å². The first kappa shape index (κ1) is 14.4. The van der Waals surface area contributed by atoms with Crippen LogP contribution in [0.1, 0.15) is 11.9 Å². The second-order valence-electron chi connectivity index (χ2n) is 5.90. The molecule has 0 unspecified atom stereocenters. The molecule has 0 atom stereocenters. The topological polar surface area (TPSA) is 77.4 Å². The predicted octanol–water partition coefficient (Wildman–Crippen LogP) is 2.95. The van der Waals surface area contributed by atoms with Crippen molar-refractivity contribution < 1.29 is 29.2 Å². The van der Waals surface area contributed by atoms with Crippen LogP contribution in [0.25, 0.3) is 21.9 Å². The van der Waals surface area contributed by atoms with Crippen molar-refractivity contribution in [1.29, 1.82) is 0 Å². The van der Waals surface area contributed by atoms with Gasteiger partial charge in [0.25, 0.3) is 0 Å². The average Bonchev–Trinajstić information content (AvgIpc) is 3.10. The normalized spacial score (nSPS) is 14.5. The summed E-state index contributed by atoms with van der Waals surface area (Å²) >= 11 is 0. The minimum Gasteiger partial charge on any atom is -0.457 e. The van der Waals surface area contributed by atoms with E-state index in [0.717, 1.165) is 27.6 Å². The Balaban J connectivity index is 1.86. The van der Waals surface area contributed by atoms with E-state index in [2.05, 4.69) is 0 Å². The zero-order valence-electron chi connectivity index (χ0n) is 13.1. The maximum absolute atomic E-state index is 9.68. The number of rotatable bonds is 2. The number of fused-ring (bicyclic) bond motifs is 5. The smallest absolute Gasteiger partial charge is 0.231 e. The van der Waals surface area contributed by atoms with Crippen molar-refractivity contribution in [3.8, 4) is 34.1 Å². The summed E-state index contributed by atoms with van der Waals surface area (Å²) in [4.78, 5) is 0. The quantitative estimate of drug-likeness (QED) is 0.700. The molecule has 2 N–H and O–H groups in total. The van der Waals surface area contributed by atoms with Gasteiger partial charge in [0.05, 0.1) is 0 Å². The van der Waals surface area contributed by atoms with Gasteiger partial charge < -0.3 is 29.2 Å². The summed E-state index contributed by atoms with van der Waals surface area (Å²) in [5.41, 5.74) is 2.00. The summed E-state index contributed by atoms with van der Waals surface area (Å²) in [7, 11) is 0. The van der Waals surface area contributed by atoms with Crippen LogP contribution in [0.5, 0.6) is 23.0 Å². The zero-order chi connectivity index (χ0) is 17.0. The van der Waals surface area contributed by atoms with Gasteiger partial charge in [-0.2, -0.15) is 0 Å². The molecular formula is C19H14O6. The van der Waals surface area contributed by atoms with Gasteiger partial charge in [-0.3, -0.25) is 0 Å². The van der Waals surface area contributed by atoms with Crippen LogP contribution in [0.15, 0.2) is 42.5 Å². The molecule has 0 aromatic heterocycles. The SMILES string of the molecule is OC(O)c1cc(-c2ccc3cc2OCO3)c2c3c(ccc2c1)OCO3. The molecule has 0 radical (unpaired) electrons. The number of aliphatic hydroxyl groups excluding tert-OH is 1. The van der Waals surface area contributed by atoms with Crippen LogP contribution in [-0.4, -0.2) is 23.8 Å². The van der Waals surface area contributed by atoms with E-state index >= 15 is 0 Å². The summed E-state index contributed by atoms with van der Waals surface area (Å²) in [5.74, 6) is 2.72. The highest BCUT2D eigenvalue weighted by Gasteiger charge is 2.23. The number of hydrogen-bond acceptors (Lipinski definition) is 6. The van der Waals surface area contributed by atoms with Gasteiger partial charge in [-0.05, 0) is 41.3 Å². The standard InChI is InChI=1S/C19H14O6/c20-19(21)11-5-10-1-4-15-18(25-9-23-15)17(10)14(6-11)13-3-2-12-7-16(13)24-8-22-12/h1-7,19-21H,8-9H2. The lowest BCUT2D eigenvalue weighted by molar-refractivity contribution is -0.0423. The molecule has 5 rings (SSSR count). The lowest BCUT2D eigenvalue weighted by atomic mass is 9.93. The second kappa shape index (κ2) is 5.27. The molecule has 0 spiro atoms. The molecule has 6 nitrogen and oxygen atoms in total. The predicted molar refractivity (Wildman–Crippen MR) is 88.8 cm³/mol. The zero-order valence-corrected chi connectivity index (χ0v) is 13.1. The van der Waals surface area contributed by atoms with Gasteiger partial charge in [0.1, 0.15) is 11.5 Å². The Morgan fingerprint density at radius 1 is 0.760 bits per heavy atom. The van der Waals surface area contributed by atoms with E-state index in [1.165, 1.54) is 0 Å². The molecule has 3 aromatic carbocycles. The van der Waals surface area contributed by atoms with Crippen LogP contribution < -0.4 is 18.9 Å². The van der Waals surface area contributed by atoms with E-state index in [0.29, 0.717) is 22.8 Å². The first-order valence-corrected chi connectivity index (χ1v) is 7.83. The van der Waals surface area contributed by atoms with Crippen molar-refractivity contribution in [3.63, 3.8) is 0 Å². The molecular weight excluding hydrogens is 324 g/mol. The maximum atomic E-state index is 9.68. The average molecular weight is 338 g/mol. The Hall–Kier alpha value is -2.96. The fourth-order valence-corrected chi connectivity index (χ4v) is 3.30. The number of ether oxygens (including phenoxy) is 4. The Kier molecular flexibility index (Phi) is 3.03. The minimum atomic E-state index is -1.58. The third kappa shape index (κ3) is 2.19. The summed E-state index contributed by atoms with van der Waals surface area (Å²) in [6, 6.07) is 12.7. The van der Waals surface area contributed by atoms with Crippen molar-refractivity contribution in [3.05, 3.63) is 48.0 Å². The Bertz CT molecular complexity index is 995. The molecule has 2 aliphatic rings. The van der Waals surface area contributed by atoms with Crippen LogP contribution in [-0.2, 0) is 0 Å². The molecule has 2 aliphatic heterocycles. The van der Waals surface area contributed by atoms with E-state index in [-0.39, 0.29) is 13.6 Å². The van der Waals surface area contributed by atoms with E-state index in [1.54, 1.807) is 12.1 Å². The van der Waals surface area contributed by atoms with E-state index < -0.39 is 6.29 Å². The molecule has 0 saturated heterocycles. The van der Waals surface area contributed by atoms with E-state index in [9.17, 15) is 10.2 Å². The van der Waals surface area contributed by atoms with Crippen molar-refractivity contribution >= 4 is 10.8 Å². The third-order valence-electron chi connectivity index (χ3n) is 4.46. The van der Waals surface area contributed by atoms with E-state index in [1.807, 2.05) is 30.3 Å². The van der Waals surface area contributed by atoms with Crippen LogP contribution in [0.4, 0.5) is 0 Å². The number of hydrogen-bond donors (Lipinski definition) is 2. The third-order valence-corrected chi connectivity index (χ3v) is 4.46. The summed E-state index contributed by atoms with van der Waals surface area (Å²) in [6.45, 7) is 0.307. The molecule has 126 valence electrons. The highest BCUT2D eigenvalue weighted by molar-refractivity contribution is 6.04. The van der Waals surface area contributed by atoms with Crippen molar-refractivity contribution in [2.24, 2.45) is 0 Å². The molecule has 0 amide bonds.